The summed E-state index contributed by atoms with van der Waals surface area (Å²) in [6.07, 6.45) is 4.89. The second-order valence-electron chi connectivity index (χ2n) is 3.81. The number of esters is 1. The molecule has 0 spiro atoms. The Morgan fingerprint density at radius 1 is 1.44 bits per heavy atom. The van der Waals surface area contributed by atoms with E-state index in [-0.39, 0.29) is 12.2 Å². The molecule has 2 aromatic heterocycles. The molecule has 0 atom stereocenters. The monoisotopic (exact) mass is 247 g/mol. The number of aryl methyl sites for hydroxylation is 1. The van der Waals surface area contributed by atoms with E-state index in [2.05, 4.69) is 9.72 Å². The third-order valence-corrected chi connectivity index (χ3v) is 2.63. The van der Waals surface area contributed by atoms with E-state index in [4.69, 9.17) is 0 Å². The smallest absolute Gasteiger partial charge is 0.339 e. The first kappa shape index (κ1) is 12.1. The minimum Gasteiger partial charge on any atom is -0.465 e. The molecule has 6 heteroatoms. The number of hydrogen-bond acceptors (Lipinski definition) is 4. The summed E-state index contributed by atoms with van der Waals surface area (Å²) in [5, 5.41) is 0. The highest BCUT2D eigenvalue weighted by Gasteiger charge is 2.13. The molecule has 6 nitrogen and oxygen atoms in total. The normalized spacial score (nSPS) is 10.3. The van der Waals surface area contributed by atoms with Crippen LogP contribution in [0.2, 0.25) is 0 Å². The Morgan fingerprint density at radius 3 is 2.83 bits per heavy atom. The van der Waals surface area contributed by atoms with Crippen LogP contribution in [0.1, 0.15) is 16.1 Å². The first-order valence-corrected chi connectivity index (χ1v) is 5.37. The lowest BCUT2D eigenvalue weighted by molar-refractivity contribution is 0.0598. The number of aromatic nitrogens is 3. The van der Waals surface area contributed by atoms with Crippen LogP contribution in [0.4, 0.5) is 0 Å². The Hall–Kier alpha value is -2.37. The first-order chi connectivity index (χ1) is 8.63. The van der Waals surface area contributed by atoms with Crippen molar-refractivity contribution in [1.29, 1.82) is 0 Å². The third-order valence-electron chi connectivity index (χ3n) is 2.63. The van der Waals surface area contributed by atoms with Crippen molar-refractivity contribution in [2.45, 2.75) is 6.54 Å². The molecular weight excluding hydrogens is 234 g/mol. The standard InChI is InChI=1S/C12H13N3O3/c1-14-6-7-15(12(14)17)8-10-9(11(16)18-2)4-3-5-13-10/h3-7H,8H2,1-2H3. The van der Waals surface area contributed by atoms with Crippen LogP contribution in [0.5, 0.6) is 0 Å². The van der Waals surface area contributed by atoms with Gasteiger partial charge in [0.2, 0.25) is 0 Å². The quantitative estimate of drug-likeness (QED) is 0.737. The zero-order valence-electron chi connectivity index (χ0n) is 10.2. The third kappa shape index (κ3) is 2.17. The zero-order valence-corrected chi connectivity index (χ0v) is 10.2. The highest BCUT2D eigenvalue weighted by Crippen LogP contribution is 2.08. The molecule has 0 saturated heterocycles. The molecule has 0 unspecified atom stereocenters. The van der Waals surface area contributed by atoms with Crippen molar-refractivity contribution in [3.63, 3.8) is 0 Å². The highest BCUT2D eigenvalue weighted by molar-refractivity contribution is 5.90. The average Bonchev–Trinajstić information content (AvgIpc) is 2.70. The molecule has 0 aromatic carbocycles. The number of nitrogens with zero attached hydrogens (tertiary/aromatic N) is 3. The molecule has 0 radical (unpaired) electrons. The van der Waals surface area contributed by atoms with E-state index in [0.29, 0.717) is 11.3 Å². The van der Waals surface area contributed by atoms with Gasteiger partial charge in [0.25, 0.3) is 0 Å². The molecule has 0 bridgehead atoms. The molecule has 2 aromatic rings. The van der Waals surface area contributed by atoms with E-state index in [1.54, 1.807) is 37.8 Å². The van der Waals surface area contributed by atoms with E-state index in [0.717, 1.165) is 0 Å². The maximum absolute atomic E-state index is 11.7. The molecule has 0 amide bonds. The van der Waals surface area contributed by atoms with Crippen molar-refractivity contribution in [2.24, 2.45) is 7.05 Å². The van der Waals surface area contributed by atoms with Crippen molar-refractivity contribution < 1.29 is 9.53 Å². The Balaban J connectivity index is 2.38. The number of carbonyl (C=O) groups excluding carboxylic acids is 1. The van der Waals surface area contributed by atoms with Crippen molar-refractivity contribution in [3.05, 3.63) is 52.5 Å². The van der Waals surface area contributed by atoms with Crippen molar-refractivity contribution in [1.82, 2.24) is 14.1 Å². The van der Waals surface area contributed by atoms with E-state index in [1.165, 1.54) is 16.2 Å². The summed E-state index contributed by atoms with van der Waals surface area (Å²) in [6, 6.07) is 3.28. The number of imidazole rings is 1. The SMILES string of the molecule is COC(=O)c1cccnc1Cn1ccn(C)c1=O. The lowest BCUT2D eigenvalue weighted by atomic mass is 10.2. The van der Waals surface area contributed by atoms with Crippen LogP contribution in [-0.2, 0) is 18.3 Å². The summed E-state index contributed by atoms with van der Waals surface area (Å²) >= 11 is 0. The fourth-order valence-corrected chi connectivity index (χ4v) is 1.65. The van der Waals surface area contributed by atoms with Gasteiger partial charge in [0, 0.05) is 25.6 Å². The van der Waals surface area contributed by atoms with E-state index >= 15 is 0 Å². The van der Waals surface area contributed by atoms with Crippen LogP contribution in [-0.4, -0.2) is 27.2 Å². The van der Waals surface area contributed by atoms with Gasteiger partial charge in [-0.15, -0.1) is 0 Å². The summed E-state index contributed by atoms with van der Waals surface area (Å²) in [5.74, 6) is -0.456. The number of ether oxygens (including phenoxy) is 1. The molecule has 0 aliphatic heterocycles. The molecule has 2 rings (SSSR count). The Morgan fingerprint density at radius 2 is 2.22 bits per heavy atom. The molecule has 0 saturated carbocycles. The lowest BCUT2D eigenvalue weighted by Gasteiger charge is -2.06. The summed E-state index contributed by atoms with van der Waals surface area (Å²) < 4.78 is 7.62. The number of hydrogen-bond donors (Lipinski definition) is 0. The molecule has 0 aliphatic rings. The summed E-state index contributed by atoms with van der Waals surface area (Å²) in [5.41, 5.74) is 0.727. The molecule has 94 valence electrons. The van der Waals surface area contributed by atoms with Crippen molar-refractivity contribution in [3.8, 4) is 0 Å². The number of carbonyl (C=O) groups is 1. The number of methoxy groups -OCH3 is 1. The van der Waals surface area contributed by atoms with Gasteiger partial charge in [0.15, 0.2) is 0 Å². The minimum absolute atomic E-state index is 0.156. The summed E-state index contributed by atoms with van der Waals surface area (Å²) in [7, 11) is 2.98. The van der Waals surface area contributed by atoms with Crippen LogP contribution < -0.4 is 5.69 Å². The topological polar surface area (TPSA) is 66.1 Å². The van der Waals surface area contributed by atoms with Crippen LogP contribution in [0.3, 0.4) is 0 Å². The van der Waals surface area contributed by atoms with Crippen molar-refractivity contribution in [2.75, 3.05) is 7.11 Å². The fourth-order valence-electron chi connectivity index (χ4n) is 1.65. The van der Waals surface area contributed by atoms with Gasteiger partial charge in [0.1, 0.15) is 0 Å². The molecule has 2 heterocycles. The molecule has 0 N–H and O–H groups in total. The largest absolute Gasteiger partial charge is 0.465 e. The van der Waals surface area contributed by atoms with Gasteiger partial charge in [-0.05, 0) is 12.1 Å². The highest BCUT2D eigenvalue weighted by atomic mass is 16.5. The molecule has 0 fully saturated rings. The molecule has 18 heavy (non-hydrogen) atoms. The van der Waals surface area contributed by atoms with Crippen LogP contribution in [0.25, 0.3) is 0 Å². The van der Waals surface area contributed by atoms with Gasteiger partial charge < -0.3 is 9.30 Å². The van der Waals surface area contributed by atoms with Gasteiger partial charge in [0.05, 0.1) is 24.9 Å². The minimum atomic E-state index is -0.456. The van der Waals surface area contributed by atoms with Crippen LogP contribution >= 0.6 is 0 Å². The number of pyridine rings is 1. The Bertz CT molecular complexity index is 627. The average molecular weight is 247 g/mol. The second kappa shape index (κ2) is 4.87. The fraction of sp³-hybridized carbons (Fsp3) is 0.250. The van der Waals surface area contributed by atoms with Crippen LogP contribution in [0.15, 0.2) is 35.5 Å². The van der Waals surface area contributed by atoms with Crippen LogP contribution in [0, 0.1) is 0 Å². The summed E-state index contributed by atoms with van der Waals surface area (Å²) in [6.45, 7) is 0.241. The van der Waals surface area contributed by atoms with Gasteiger partial charge in [-0.2, -0.15) is 0 Å². The summed E-state index contributed by atoms with van der Waals surface area (Å²) in [4.78, 5) is 27.4. The maximum atomic E-state index is 11.7. The van der Waals surface area contributed by atoms with Gasteiger partial charge in [-0.1, -0.05) is 0 Å². The molecular formula is C12H13N3O3. The first-order valence-electron chi connectivity index (χ1n) is 5.37. The Labute approximate surface area is 103 Å². The predicted octanol–water partition coefficient (Wildman–Crippen LogP) is 0.417. The van der Waals surface area contributed by atoms with Crippen molar-refractivity contribution >= 4 is 5.97 Å². The van der Waals surface area contributed by atoms with E-state index in [1.807, 2.05) is 0 Å². The number of rotatable bonds is 3. The van der Waals surface area contributed by atoms with E-state index < -0.39 is 5.97 Å². The lowest BCUT2D eigenvalue weighted by Crippen LogP contribution is -2.23. The zero-order chi connectivity index (χ0) is 13.1. The molecule has 0 aliphatic carbocycles. The van der Waals surface area contributed by atoms with Gasteiger partial charge >= 0.3 is 11.7 Å². The Kier molecular flexibility index (Phi) is 3.27. The predicted molar refractivity (Wildman–Crippen MR) is 64.4 cm³/mol. The van der Waals surface area contributed by atoms with Gasteiger partial charge in [-0.3, -0.25) is 9.55 Å². The maximum Gasteiger partial charge on any atom is 0.339 e. The second-order valence-corrected chi connectivity index (χ2v) is 3.81. The van der Waals surface area contributed by atoms with Gasteiger partial charge in [-0.25, -0.2) is 9.59 Å². The van der Waals surface area contributed by atoms with E-state index in [9.17, 15) is 9.59 Å².